The van der Waals surface area contributed by atoms with Crippen molar-refractivity contribution in [1.29, 1.82) is 0 Å². The molecule has 0 aliphatic carbocycles. The van der Waals surface area contributed by atoms with Crippen LogP contribution in [-0.4, -0.2) is 76.5 Å². The summed E-state index contributed by atoms with van der Waals surface area (Å²) in [6.07, 6.45) is 8.69. The Bertz CT molecular complexity index is 1310. The number of aryl methyl sites for hydroxylation is 1. The van der Waals surface area contributed by atoms with Gasteiger partial charge in [-0.2, -0.15) is 0 Å². The zero-order valence-corrected chi connectivity index (χ0v) is 23.7. The van der Waals surface area contributed by atoms with Gasteiger partial charge in [-0.05, 0) is 81.5 Å². The molecule has 1 amide bonds. The van der Waals surface area contributed by atoms with Crippen LogP contribution in [0.4, 0.5) is 4.79 Å². The third-order valence-corrected chi connectivity index (χ3v) is 10.4. The maximum Gasteiger partial charge on any atom is 0.410 e. The highest BCUT2D eigenvalue weighted by atomic mass is 16.6. The molecule has 3 aromatic rings. The fraction of sp³-hybridized carbons (Fsp3) is 0.576. The number of likely N-dealkylation sites (tertiary alicyclic amines) is 1. The third kappa shape index (κ3) is 4.81. The Hall–Kier alpha value is -2.90. The van der Waals surface area contributed by atoms with E-state index in [1.54, 1.807) is 0 Å². The molecule has 7 heteroatoms. The number of piperidine rings is 2. The highest BCUT2D eigenvalue weighted by molar-refractivity contribution is 5.76. The molecule has 40 heavy (non-hydrogen) atoms. The second-order valence-electron chi connectivity index (χ2n) is 12.5. The van der Waals surface area contributed by atoms with Gasteiger partial charge in [-0.25, -0.2) is 9.78 Å². The van der Waals surface area contributed by atoms with Gasteiger partial charge < -0.3 is 18.9 Å². The van der Waals surface area contributed by atoms with Crippen molar-refractivity contribution in [2.45, 2.75) is 87.9 Å². The maximum absolute atomic E-state index is 12.9. The summed E-state index contributed by atoms with van der Waals surface area (Å²) in [5, 5.41) is 0. The molecule has 0 unspecified atom stereocenters. The number of ether oxygens (including phenoxy) is 2. The average molecular weight is 543 g/mol. The quantitative estimate of drug-likeness (QED) is 0.390. The summed E-state index contributed by atoms with van der Waals surface area (Å²) in [6.45, 7) is 6.02. The van der Waals surface area contributed by atoms with Gasteiger partial charge in [0, 0.05) is 37.6 Å². The fourth-order valence-corrected chi connectivity index (χ4v) is 8.21. The zero-order valence-electron chi connectivity index (χ0n) is 23.7. The van der Waals surface area contributed by atoms with Crippen LogP contribution in [-0.2, 0) is 14.9 Å². The molecule has 4 saturated heterocycles. The van der Waals surface area contributed by atoms with E-state index in [0.29, 0.717) is 31.3 Å². The Balaban J connectivity index is 1.04. The van der Waals surface area contributed by atoms with Crippen LogP contribution in [0.1, 0.15) is 68.8 Å². The molecule has 0 radical (unpaired) electrons. The summed E-state index contributed by atoms with van der Waals surface area (Å²) in [5.74, 6) is 1.15. The number of rotatable bonds is 6. The van der Waals surface area contributed by atoms with Crippen molar-refractivity contribution in [3.8, 4) is 0 Å². The Morgan fingerprint density at radius 2 is 1.70 bits per heavy atom. The van der Waals surface area contributed by atoms with E-state index < -0.39 is 0 Å². The smallest absolute Gasteiger partial charge is 0.410 e. The lowest BCUT2D eigenvalue weighted by Gasteiger charge is -2.45. The Morgan fingerprint density at radius 1 is 0.975 bits per heavy atom. The predicted octanol–water partition coefficient (Wildman–Crippen LogP) is 5.86. The number of carbonyl (C=O) groups is 1. The van der Waals surface area contributed by atoms with Crippen LogP contribution < -0.4 is 0 Å². The van der Waals surface area contributed by atoms with Gasteiger partial charge in [0.25, 0.3) is 0 Å². The van der Waals surface area contributed by atoms with Crippen molar-refractivity contribution < 1.29 is 14.3 Å². The van der Waals surface area contributed by atoms with Crippen LogP contribution in [0.3, 0.4) is 0 Å². The second kappa shape index (κ2) is 10.8. The van der Waals surface area contributed by atoms with Crippen LogP contribution in [0, 0.1) is 6.92 Å². The first-order valence-corrected chi connectivity index (χ1v) is 15.4. The molecular weight excluding hydrogens is 500 g/mol. The van der Waals surface area contributed by atoms with Gasteiger partial charge in [-0.1, -0.05) is 42.5 Å². The van der Waals surface area contributed by atoms with Gasteiger partial charge >= 0.3 is 6.09 Å². The minimum atomic E-state index is -0.167. The number of amides is 1. The summed E-state index contributed by atoms with van der Waals surface area (Å²) in [6, 6.07) is 21.5. The van der Waals surface area contributed by atoms with Crippen molar-refractivity contribution in [2.75, 3.05) is 32.8 Å². The number of nitrogens with zero attached hydrogens (tertiary/aromatic N) is 4. The Morgan fingerprint density at radius 3 is 2.42 bits per heavy atom. The number of para-hydroxylation sites is 2. The van der Waals surface area contributed by atoms with Gasteiger partial charge in [0.15, 0.2) is 0 Å². The minimum absolute atomic E-state index is 0.0872. The van der Waals surface area contributed by atoms with Crippen LogP contribution in [0.25, 0.3) is 11.0 Å². The number of benzene rings is 2. The molecule has 0 spiro atoms. The van der Waals surface area contributed by atoms with Crippen molar-refractivity contribution >= 4 is 17.1 Å². The number of aromatic nitrogens is 2. The van der Waals surface area contributed by atoms with E-state index in [9.17, 15) is 4.79 Å². The molecule has 7 nitrogen and oxygen atoms in total. The van der Waals surface area contributed by atoms with Gasteiger partial charge in [-0.15, -0.1) is 0 Å². The normalized spacial score (nSPS) is 28.3. The van der Waals surface area contributed by atoms with Gasteiger partial charge in [-0.3, -0.25) is 4.90 Å². The van der Waals surface area contributed by atoms with Crippen molar-refractivity contribution in [1.82, 2.24) is 19.4 Å². The van der Waals surface area contributed by atoms with E-state index in [-0.39, 0.29) is 17.6 Å². The topological polar surface area (TPSA) is 59.8 Å². The van der Waals surface area contributed by atoms with E-state index in [1.807, 2.05) is 4.90 Å². The van der Waals surface area contributed by atoms with E-state index in [2.05, 4.69) is 71.0 Å². The molecular formula is C33H42N4O3. The number of fused-ring (bicyclic) bond motifs is 3. The van der Waals surface area contributed by atoms with E-state index >= 15 is 0 Å². The molecule has 7 rings (SSSR count). The zero-order chi connectivity index (χ0) is 27.1. The predicted molar refractivity (Wildman–Crippen MR) is 156 cm³/mol. The summed E-state index contributed by atoms with van der Waals surface area (Å²) < 4.78 is 13.7. The number of hydrogen-bond acceptors (Lipinski definition) is 5. The van der Waals surface area contributed by atoms with Gasteiger partial charge in [0.05, 0.1) is 24.2 Å². The molecule has 4 aliphatic rings. The standard InChI is InChI=1S/C33H42N4O3/c1-24-34-30-9-5-6-10-31(30)37(24)28-21-26-11-12-27(22-28)36(26)19-16-33(25-7-3-2-4-8-25)14-17-35(18-15-33)32(38)40-29-13-20-39-23-29/h2-10,26-29H,11-23H2,1H3/t26-,27+,28+,29-/m0/s1. The van der Waals surface area contributed by atoms with Crippen molar-refractivity contribution in [3.63, 3.8) is 0 Å². The Labute approximate surface area is 237 Å². The van der Waals surface area contributed by atoms with Crippen LogP contribution >= 0.6 is 0 Å². The summed E-state index contributed by atoms with van der Waals surface area (Å²) >= 11 is 0. The number of imidazole rings is 1. The lowest BCUT2D eigenvalue weighted by Crippen LogP contribution is -2.49. The molecule has 4 aliphatic heterocycles. The van der Waals surface area contributed by atoms with Crippen molar-refractivity contribution in [2.24, 2.45) is 0 Å². The van der Waals surface area contributed by atoms with E-state index in [4.69, 9.17) is 14.5 Å². The molecule has 0 saturated carbocycles. The van der Waals surface area contributed by atoms with Gasteiger partial charge in [0.1, 0.15) is 11.9 Å². The van der Waals surface area contributed by atoms with Crippen LogP contribution in [0.5, 0.6) is 0 Å². The SMILES string of the molecule is Cc1nc2ccccc2n1[C@H]1C[C@H]2CC[C@@H](C1)N2CCC1(c2ccccc2)CCN(C(=O)O[C@H]2CCOC2)CC1. The molecule has 0 N–H and O–H groups in total. The first-order valence-electron chi connectivity index (χ1n) is 15.4. The second-order valence-corrected chi connectivity index (χ2v) is 12.5. The Kier molecular flexibility index (Phi) is 7.04. The monoisotopic (exact) mass is 542 g/mol. The molecule has 212 valence electrons. The highest BCUT2D eigenvalue weighted by Crippen LogP contribution is 2.45. The van der Waals surface area contributed by atoms with Gasteiger partial charge in [0.2, 0.25) is 0 Å². The third-order valence-electron chi connectivity index (χ3n) is 10.4. The summed E-state index contributed by atoms with van der Waals surface area (Å²) in [4.78, 5) is 22.5. The fourth-order valence-electron chi connectivity index (χ4n) is 8.21. The minimum Gasteiger partial charge on any atom is -0.444 e. The highest BCUT2D eigenvalue weighted by Gasteiger charge is 2.44. The average Bonchev–Trinajstić information content (AvgIpc) is 3.68. The summed E-state index contributed by atoms with van der Waals surface area (Å²) in [5.41, 5.74) is 3.93. The summed E-state index contributed by atoms with van der Waals surface area (Å²) in [7, 11) is 0. The lowest BCUT2D eigenvalue weighted by atomic mass is 9.70. The molecule has 1 aromatic heterocycles. The van der Waals surface area contributed by atoms with E-state index in [1.165, 1.54) is 36.8 Å². The number of hydrogen-bond donors (Lipinski definition) is 0. The van der Waals surface area contributed by atoms with E-state index in [0.717, 1.165) is 56.7 Å². The molecule has 4 fully saturated rings. The lowest BCUT2D eigenvalue weighted by molar-refractivity contribution is 0.0396. The van der Waals surface area contributed by atoms with Crippen LogP contribution in [0.2, 0.25) is 0 Å². The first-order chi connectivity index (χ1) is 19.6. The number of carbonyl (C=O) groups excluding carboxylic acids is 1. The first kappa shape index (κ1) is 26.0. The van der Waals surface area contributed by atoms with Crippen LogP contribution in [0.15, 0.2) is 54.6 Å². The maximum atomic E-state index is 12.9. The molecule has 2 aromatic carbocycles. The molecule has 2 bridgehead atoms. The van der Waals surface area contributed by atoms with Crippen molar-refractivity contribution in [3.05, 3.63) is 66.0 Å². The largest absolute Gasteiger partial charge is 0.444 e. The molecule has 5 heterocycles. The molecule has 4 atom stereocenters.